The lowest BCUT2D eigenvalue weighted by atomic mass is 10.1. The zero-order valence-electron chi connectivity index (χ0n) is 7.38. The smallest absolute Gasteiger partial charge is 0.254 e. The normalized spacial score (nSPS) is 14.9. The van der Waals surface area contributed by atoms with Crippen LogP contribution in [0, 0.1) is 0 Å². The molecule has 13 heavy (non-hydrogen) atoms. The van der Waals surface area contributed by atoms with Crippen molar-refractivity contribution in [3.05, 3.63) is 34.9 Å². The Morgan fingerprint density at radius 2 is 2.31 bits per heavy atom. The molecule has 1 amide bonds. The van der Waals surface area contributed by atoms with Crippen LogP contribution < -0.4 is 0 Å². The number of nitrogens with zero attached hydrogens (tertiary/aromatic N) is 1. The summed E-state index contributed by atoms with van der Waals surface area (Å²) in [6.07, 6.45) is 0. The second kappa shape index (κ2) is 3.04. The number of carbonyl (C=O) groups is 1. The van der Waals surface area contributed by atoms with Gasteiger partial charge in [0.05, 0.1) is 0 Å². The summed E-state index contributed by atoms with van der Waals surface area (Å²) in [7, 11) is 1.81. The molecule has 2 nitrogen and oxygen atoms in total. The van der Waals surface area contributed by atoms with Crippen molar-refractivity contribution >= 4 is 17.5 Å². The first-order chi connectivity index (χ1) is 6.22. The summed E-state index contributed by atoms with van der Waals surface area (Å²) in [5.74, 6) is 0.562. The molecule has 1 heterocycles. The molecule has 1 aromatic carbocycles. The molecule has 0 atom stereocenters. The first kappa shape index (κ1) is 8.57. The lowest BCUT2D eigenvalue weighted by Gasteiger charge is -2.04. The van der Waals surface area contributed by atoms with Crippen LogP contribution in [0.5, 0.6) is 0 Å². The number of rotatable bonds is 1. The molecule has 0 saturated heterocycles. The highest BCUT2D eigenvalue weighted by Gasteiger charge is 2.23. The van der Waals surface area contributed by atoms with E-state index in [4.69, 9.17) is 11.6 Å². The van der Waals surface area contributed by atoms with E-state index in [0.29, 0.717) is 5.88 Å². The van der Waals surface area contributed by atoms with Crippen LogP contribution in [0.15, 0.2) is 18.2 Å². The summed E-state index contributed by atoms with van der Waals surface area (Å²) < 4.78 is 0. The number of carbonyl (C=O) groups excluding carboxylic acids is 1. The number of hydrogen-bond acceptors (Lipinski definition) is 1. The fraction of sp³-hybridized carbons (Fsp3) is 0.300. The molecular weight excluding hydrogens is 186 g/mol. The van der Waals surface area contributed by atoms with Crippen LogP contribution in [0.1, 0.15) is 21.5 Å². The molecule has 1 aliphatic rings. The van der Waals surface area contributed by atoms with Gasteiger partial charge in [0.25, 0.3) is 5.91 Å². The molecule has 0 bridgehead atoms. The number of halogens is 1. The Morgan fingerprint density at radius 1 is 1.54 bits per heavy atom. The summed E-state index contributed by atoms with van der Waals surface area (Å²) >= 11 is 5.69. The van der Waals surface area contributed by atoms with Gasteiger partial charge in [-0.2, -0.15) is 0 Å². The van der Waals surface area contributed by atoms with Gasteiger partial charge in [-0.25, -0.2) is 0 Å². The van der Waals surface area contributed by atoms with Gasteiger partial charge in [0.15, 0.2) is 0 Å². The molecule has 0 radical (unpaired) electrons. The lowest BCUT2D eigenvalue weighted by molar-refractivity contribution is 0.0816. The lowest BCUT2D eigenvalue weighted by Crippen LogP contribution is -2.17. The summed E-state index contributed by atoms with van der Waals surface area (Å²) in [4.78, 5) is 13.3. The molecule has 2 rings (SSSR count). The molecule has 68 valence electrons. The van der Waals surface area contributed by atoms with Gasteiger partial charge < -0.3 is 4.90 Å². The Labute approximate surface area is 82.1 Å². The van der Waals surface area contributed by atoms with Crippen LogP contribution in [0.4, 0.5) is 0 Å². The van der Waals surface area contributed by atoms with E-state index in [9.17, 15) is 4.79 Å². The highest BCUT2D eigenvalue weighted by atomic mass is 35.5. The van der Waals surface area contributed by atoms with Crippen LogP contribution in [0.25, 0.3) is 0 Å². The Kier molecular flexibility index (Phi) is 2.00. The molecule has 0 fully saturated rings. The highest BCUT2D eigenvalue weighted by molar-refractivity contribution is 6.17. The summed E-state index contributed by atoms with van der Waals surface area (Å²) in [6, 6.07) is 5.83. The predicted octanol–water partition coefficient (Wildman–Crippen LogP) is 2.01. The highest BCUT2D eigenvalue weighted by Crippen LogP contribution is 2.22. The Hall–Kier alpha value is -1.02. The van der Waals surface area contributed by atoms with Crippen molar-refractivity contribution in [1.29, 1.82) is 0 Å². The van der Waals surface area contributed by atoms with Crippen molar-refractivity contribution < 1.29 is 4.79 Å². The summed E-state index contributed by atoms with van der Waals surface area (Å²) in [5, 5.41) is 0. The van der Waals surface area contributed by atoms with Gasteiger partial charge in [-0.15, -0.1) is 11.6 Å². The van der Waals surface area contributed by atoms with Gasteiger partial charge in [0, 0.05) is 25.0 Å². The van der Waals surface area contributed by atoms with E-state index >= 15 is 0 Å². The second-order valence-electron chi connectivity index (χ2n) is 3.29. The van der Waals surface area contributed by atoms with Gasteiger partial charge in [0.2, 0.25) is 0 Å². The van der Waals surface area contributed by atoms with E-state index in [1.807, 2.05) is 25.2 Å². The number of hydrogen-bond donors (Lipinski definition) is 0. The molecular formula is C10H10ClNO. The summed E-state index contributed by atoms with van der Waals surface area (Å²) in [5.41, 5.74) is 2.91. The topological polar surface area (TPSA) is 20.3 Å². The van der Waals surface area contributed by atoms with Gasteiger partial charge >= 0.3 is 0 Å². The van der Waals surface area contributed by atoms with Crippen molar-refractivity contribution in [3.8, 4) is 0 Å². The molecule has 0 unspecified atom stereocenters. The summed E-state index contributed by atoms with van der Waals surface area (Å²) in [6.45, 7) is 0.719. The molecule has 1 aromatic rings. The van der Waals surface area contributed by atoms with E-state index in [2.05, 4.69) is 0 Å². The van der Waals surface area contributed by atoms with Crippen molar-refractivity contribution in [1.82, 2.24) is 4.90 Å². The fourth-order valence-electron chi connectivity index (χ4n) is 1.58. The third-order valence-corrected chi connectivity index (χ3v) is 2.62. The Bertz CT molecular complexity index is 362. The predicted molar refractivity (Wildman–Crippen MR) is 51.8 cm³/mol. The largest absolute Gasteiger partial charge is 0.337 e. The monoisotopic (exact) mass is 195 g/mol. The molecule has 0 saturated carbocycles. The van der Waals surface area contributed by atoms with E-state index in [0.717, 1.165) is 23.2 Å². The minimum Gasteiger partial charge on any atom is -0.337 e. The van der Waals surface area contributed by atoms with E-state index in [-0.39, 0.29) is 5.91 Å². The van der Waals surface area contributed by atoms with Crippen LogP contribution in [0.2, 0.25) is 0 Å². The minimum atomic E-state index is 0.0990. The standard InChI is InChI=1S/C10H10ClNO/c1-12-6-8-3-2-7(5-11)4-9(8)10(12)13/h2-4H,5-6H2,1H3. The SMILES string of the molecule is CN1Cc2ccc(CCl)cc2C1=O. The number of alkyl halides is 1. The average Bonchev–Trinajstić information content (AvgIpc) is 2.43. The van der Waals surface area contributed by atoms with Crippen molar-refractivity contribution in [2.24, 2.45) is 0 Å². The molecule has 0 aliphatic carbocycles. The van der Waals surface area contributed by atoms with E-state index in [1.54, 1.807) is 4.90 Å². The Morgan fingerprint density at radius 3 is 3.00 bits per heavy atom. The number of amides is 1. The molecule has 3 heteroatoms. The van der Waals surface area contributed by atoms with Gasteiger partial charge in [-0.05, 0) is 17.2 Å². The molecule has 1 aliphatic heterocycles. The number of fused-ring (bicyclic) bond motifs is 1. The van der Waals surface area contributed by atoms with Crippen molar-refractivity contribution in [2.75, 3.05) is 7.05 Å². The first-order valence-electron chi connectivity index (χ1n) is 4.15. The van der Waals surface area contributed by atoms with Crippen LogP contribution in [0.3, 0.4) is 0 Å². The maximum atomic E-state index is 11.5. The first-order valence-corrected chi connectivity index (χ1v) is 4.69. The third-order valence-electron chi connectivity index (χ3n) is 2.31. The molecule has 0 N–H and O–H groups in total. The fourth-order valence-corrected chi connectivity index (χ4v) is 1.74. The third kappa shape index (κ3) is 1.31. The maximum absolute atomic E-state index is 11.5. The van der Waals surface area contributed by atoms with E-state index < -0.39 is 0 Å². The van der Waals surface area contributed by atoms with Gasteiger partial charge in [0.1, 0.15) is 0 Å². The van der Waals surface area contributed by atoms with Crippen LogP contribution >= 0.6 is 11.6 Å². The van der Waals surface area contributed by atoms with Crippen LogP contribution in [-0.2, 0) is 12.4 Å². The second-order valence-corrected chi connectivity index (χ2v) is 3.55. The quantitative estimate of drug-likeness (QED) is 0.628. The van der Waals surface area contributed by atoms with Crippen molar-refractivity contribution in [2.45, 2.75) is 12.4 Å². The van der Waals surface area contributed by atoms with Crippen molar-refractivity contribution in [3.63, 3.8) is 0 Å². The maximum Gasteiger partial charge on any atom is 0.254 e. The van der Waals surface area contributed by atoms with Gasteiger partial charge in [-0.3, -0.25) is 4.79 Å². The molecule has 0 spiro atoms. The van der Waals surface area contributed by atoms with Crippen LogP contribution in [-0.4, -0.2) is 17.9 Å². The Balaban J connectivity index is 2.48. The minimum absolute atomic E-state index is 0.0990. The van der Waals surface area contributed by atoms with E-state index in [1.165, 1.54) is 0 Å². The number of benzene rings is 1. The molecule has 0 aromatic heterocycles. The zero-order valence-corrected chi connectivity index (χ0v) is 8.14. The van der Waals surface area contributed by atoms with Gasteiger partial charge in [-0.1, -0.05) is 12.1 Å². The zero-order chi connectivity index (χ0) is 9.42. The average molecular weight is 196 g/mol.